The molecule has 1 rings (SSSR count). The molecule has 0 aliphatic carbocycles. The lowest BCUT2D eigenvalue weighted by Crippen LogP contribution is -2.25. The van der Waals surface area contributed by atoms with Gasteiger partial charge in [-0.3, -0.25) is 14.9 Å². The number of benzene rings is 1. The first-order chi connectivity index (χ1) is 8.16. The zero-order valence-corrected chi connectivity index (χ0v) is 9.94. The molecule has 0 aromatic heterocycles. The van der Waals surface area contributed by atoms with E-state index in [1.807, 2.05) is 0 Å². The molecule has 0 atom stereocenters. The third kappa shape index (κ3) is 4.03. The Morgan fingerprint density at radius 1 is 1.35 bits per heavy atom. The van der Waals surface area contributed by atoms with Crippen LogP contribution in [-0.4, -0.2) is 23.3 Å². The number of carbonyl (C=O) groups excluding carboxylic acids is 1. The van der Waals surface area contributed by atoms with Crippen LogP contribution in [0.15, 0.2) is 24.3 Å². The second kappa shape index (κ2) is 6.85. The van der Waals surface area contributed by atoms with Crippen molar-refractivity contribution in [2.24, 2.45) is 0 Å². The molecule has 1 aromatic carbocycles. The number of amides is 1. The third-order valence-corrected chi connectivity index (χ3v) is 2.46. The Balaban J connectivity index is 2.65. The van der Waals surface area contributed by atoms with E-state index in [0.29, 0.717) is 12.4 Å². The maximum absolute atomic E-state index is 11.7. The van der Waals surface area contributed by atoms with Crippen molar-refractivity contribution >= 4 is 23.2 Å². The van der Waals surface area contributed by atoms with E-state index < -0.39 is 10.8 Å². The Labute approximate surface area is 104 Å². The molecule has 0 aliphatic rings. The monoisotopic (exact) mass is 256 g/mol. The molecule has 1 N–H and O–H groups in total. The molecule has 0 bridgehead atoms. The average molecular weight is 257 g/mol. The molecule has 0 saturated heterocycles. The highest BCUT2D eigenvalue weighted by Crippen LogP contribution is 2.17. The molecular formula is C11H13ClN2O3. The van der Waals surface area contributed by atoms with Gasteiger partial charge >= 0.3 is 0 Å². The highest BCUT2D eigenvalue weighted by Gasteiger charge is 2.18. The number of hydrogen-bond acceptors (Lipinski definition) is 3. The number of nitrogens with one attached hydrogen (secondary N) is 1. The van der Waals surface area contributed by atoms with Crippen LogP contribution in [0, 0.1) is 10.1 Å². The lowest BCUT2D eigenvalue weighted by Gasteiger charge is -2.04. The molecule has 0 aliphatic heterocycles. The summed E-state index contributed by atoms with van der Waals surface area (Å²) in [6, 6.07) is 5.88. The standard InChI is InChI=1S/C11H13ClN2O3/c12-7-3-4-8-13-11(15)9-5-1-2-6-10(9)14(16)17/h1-2,5-6H,3-4,7-8H2,(H,13,15). The number of halogens is 1. The predicted molar refractivity (Wildman–Crippen MR) is 65.4 cm³/mol. The van der Waals surface area contributed by atoms with E-state index in [1.165, 1.54) is 18.2 Å². The van der Waals surface area contributed by atoms with Gasteiger partial charge in [-0.25, -0.2) is 0 Å². The van der Waals surface area contributed by atoms with Crippen molar-refractivity contribution < 1.29 is 9.72 Å². The zero-order valence-electron chi connectivity index (χ0n) is 9.19. The summed E-state index contributed by atoms with van der Waals surface area (Å²) in [6.07, 6.45) is 1.56. The molecule has 17 heavy (non-hydrogen) atoms. The van der Waals surface area contributed by atoms with E-state index in [-0.39, 0.29) is 11.3 Å². The summed E-state index contributed by atoms with van der Waals surface area (Å²) in [7, 11) is 0. The van der Waals surface area contributed by atoms with E-state index in [1.54, 1.807) is 6.07 Å². The van der Waals surface area contributed by atoms with Gasteiger partial charge < -0.3 is 5.32 Å². The Bertz CT molecular complexity index is 409. The Hall–Kier alpha value is -1.62. The van der Waals surface area contributed by atoms with Gasteiger partial charge in [0.05, 0.1) is 4.92 Å². The predicted octanol–water partition coefficient (Wildman–Crippen LogP) is 2.34. The molecule has 0 heterocycles. The largest absolute Gasteiger partial charge is 0.352 e. The van der Waals surface area contributed by atoms with Crippen LogP contribution in [0.4, 0.5) is 5.69 Å². The van der Waals surface area contributed by atoms with Crippen LogP contribution in [0.5, 0.6) is 0 Å². The molecule has 5 nitrogen and oxygen atoms in total. The number of alkyl halides is 1. The molecule has 0 fully saturated rings. The van der Waals surface area contributed by atoms with Crippen molar-refractivity contribution in [3.05, 3.63) is 39.9 Å². The van der Waals surface area contributed by atoms with Gasteiger partial charge in [-0.1, -0.05) is 12.1 Å². The van der Waals surface area contributed by atoms with Gasteiger partial charge in [0.1, 0.15) is 5.56 Å². The van der Waals surface area contributed by atoms with Crippen LogP contribution in [0.2, 0.25) is 0 Å². The maximum Gasteiger partial charge on any atom is 0.282 e. The van der Waals surface area contributed by atoms with E-state index >= 15 is 0 Å². The van der Waals surface area contributed by atoms with Gasteiger partial charge in [-0.2, -0.15) is 0 Å². The first-order valence-electron chi connectivity index (χ1n) is 5.24. The fourth-order valence-electron chi connectivity index (χ4n) is 1.34. The zero-order chi connectivity index (χ0) is 12.7. The number of nitro benzene ring substituents is 1. The van der Waals surface area contributed by atoms with Crippen molar-refractivity contribution in [3.8, 4) is 0 Å². The Morgan fingerprint density at radius 3 is 2.71 bits per heavy atom. The van der Waals surface area contributed by atoms with Crippen molar-refractivity contribution in [2.45, 2.75) is 12.8 Å². The summed E-state index contributed by atoms with van der Waals surface area (Å²) >= 11 is 5.50. The SMILES string of the molecule is O=C(NCCCCCl)c1ccccc1[N+](=O)[O-]. The summed E-state index contributed by atoms with van der Waals surface area (Å²) in [4.78, 5) is 21.8. The first kappa shape index (κ1) is 13.4. The van der Waals surface area contributed by atoms with Crippen molar-refractivity contribution in [1.29, 1.82) is 0 Å². The van der Waals surface area contributed by atoms with Gasteiger partial charge in [0.25, 0.3) is 11.6 Å². The molecule has 0 unspecified atom stereocenters. The van der Waals surface area contributed by atoms with Crippen LogP contribution in [0.3, 0.4) is 0 Å². The third-order valence-electron chi connectivity index (χ3n) is 2.19. The summed E-state index contributed by atoms with van der Waals surface area (Å²) in [5.74, 6) is 0.119. The average Bonchev–Trinajstić information content (AvgIpc) is 2.34. The lowest BCUT2D eigenvalue weighted by atomic mass is 10.1. The number of nitrogens with zero attached hydrogens (tertiary/aromatic N) is 1. The van der Waals surface area contributed by atoms with E-state index in [0.717, 1.165) is 12.8 Å². The summed E-state index contributed by atoms with van der Waals surface area (Å²) in [6.45, 7) is 0.470. The van der Waals surface area contributed by atoms with Gasteiger partial charge in [0.15, 0.2) is 0 Å². The van der Waals surface area contributed by atoms with Crippen molar-refractivity contribution in [2.75, 3.05) is 12.4 Å². The number of unbranched alkanes of at least 4 members (excludes halogenated alkanes) is 1. The van der Waals surface area contributed by atoms with Crippen LogP contribution in [0.25, 0.3) is 0 Å². The summed E-state index contributed by atoms with van der Waals surface area (Å²) in [5, 5.41) is 13.3. The van der Waals surface area contributed by atoms with E-state index in [4.69, 9.17) is 11.6 Å². The molecule has 1 aromatic rings. The number of nitro groups is 1. The smallest absolute Gasteiger partial charge is 0.282 e. The molecule has 92 valence electrons. The van der Waals surface area contributed by atoms with Crippen LogP contribution < -0.4 is 5.32 Å². The molecule has 0 radical (unpaired) electrons. The minimum Gasteiger partial charge on any atom is -0.352 e. The van der Waals surface area contributed by atoms with Crippen molar-refractivity contribution in [1.82, 2.24) is 5.32 Å². The Morgan fingerprint density at radius 2 is 2.06 bits per heavy atom. The minimum atomic E-state index is -0.562. The minimum absolute atomic E-state index is 0.0865. The van der Waals surface area contributed by atoms with Crippen molar-refractivity contribution in [3.63, 3.8) is 0 Å². The van der Waals surface area contributed by atoms with Gasteiger partial charge in [-0.05, 0) is 18.9 Å². The quantitative estimate of drug-likeness (QED) is 0.367. The highest BCUT2D eigenvalue weighted by atomic mass is 35.5. The van der Waals surface area contributed by atoms with E-state index in [9.17, 15) is 14.9 Å². The number of para-hydroxylation sites is 1. The molecule has 6 heteroatoms. The maximum atomic E-state index is 11.7. The summed E-state index contributed by atoms with van der Waals surface area (Å²) in [5.41, 5.74) is -0.0919. The Kier molecular flexibility index (Phi) is 5.42. The van der Waals surface area contributed by atoms with Gasteiger partial charge in [0.2, 0.25) is 0 Å². The van der Waals surface area contributed by atoms with Gasteiger partial charge in [-0.15, -0.1) is 11.6 Å². The van der Waals surface area contributed by atoms with Gasteiger partial charge in [0, 0.05) is 18.5 Å². The fraction of sp³-hybridized carbons (Fsp3) is 0.364. The molecule has 1 amide bonds. The number of carbonyl (C=O) groups is 1. The topological polar surface area (TPSA) is 72.2 Å². The second-order valence-electron chi connectivity index (χ2n) is 3.43. The molecule has 0 saturated carbocycles. The fourth-order valence-corrected chi connectivity index (χ4v) is 1.53. The van der Waals surface area contributed by atoms with E-state index in [2.05, 4.69) is 5.32 Å². The molecule has 0 spiro atoms. The summed E-state index contributed by atoms with van der Waals surface area (Å²) < 4.78 is 0. The van der Waals surface area contributed by atoms with Crippen LogP contribution >= 0.6 is 11.6 Å². The lowest BCUT2D eigenvalue weighted by molar-refractivity contribution is -0.385. The molecular weight excluding hydrogens is 244 g/mol. The normalized spacial score (nSPS) is 9.94. The van der Waals surface area contributed by atoms with Crippen LogP contribution in [0.1, 0.15) is 23.2 Å². The second-order valence-corrected chi connectivity index (χ2v) is 3.80. The number of hydrogen-bond donors (Lipinski definition) is 1. The van der Waals surface area contributed by atoms with Crippen LogP contribution in [-0.2, 0) is 0 Å². The highest BCUT2D eigenvalue weighted by molar-refractivity contribution is 6.17. The first-order valence-corrected chi connectivity index (χ1v) is 5.78. The number of rotatable bonds is 6.